The zero-order valence-electron chi connectivity index (χ0n) is 9.03. The van der Waals surface area contributed by atoms with Gasteiger partial charge in [0.25, 0.3) is 5.91 Å². The van der Waals surface area contributed by atoms with Gasteiger partial charge in [-0.15, -0.1) is 0 Å². The van der Waals surface area contributed by atoms with E-state index in [0.29, 0.717) is 17.5 Å². The van der Waals surface area contributed by atoms with Crippen LogP contribution in [0.5, 0.6) is 0 Å². The molecule has 84 valence electrons. The minimum atomic E-state index is -0.292. The molecular weight excluding hydrogens is 205 g/mol. The van der Waals surface area contributed by atoms with Gasteiger partial charge in [0.1, 0.15) is 5.82 Å². The summed E-state index contributed by atoms with van der Waals surface area (Å²) in [5.74, 6) is 0.473. The van der Waals surface area contributed by atoms with Crippen LogP contribution >= 0.6 is 0 Å². The number of amides is 1. The number of halogens is 1. The van der Waals surface area contributed by atoms with E-state index in [0.717, 1.165) is 19.4 Å². The van der Waals surface area contributed by atoms with Gasteiger partial charge in [-0.1, -0.05) is 0 Å². The zero-order valence-corrected chi connectivity index (χ0v) is 9.03. The molecule has 2 unspecified atom stereocenters. The van der Waals surface area contributed by atoms with Crippen LogP contribution in [0.25, 0.3) is 0 Å². The number of piperidine rings is 1. The van der Waals surface area contributed by atoms with Gasteiger partial charge in [0.15, 0.2) is 0 Å². The fraction of sp³-hybridized carbons (Fsp3) is 0.462. The number of hydrogen-bond acceptors (Lipinski definition) is 1. The topological polar surface area (TPSA) is 20.3 Å². The number of hydrogen-bond donors (Lipinski definition) is 0. The average molecular weight is 219 g/mol. The summed E-state index contributed by atoms with van der Waals surface area (Å²) in [5, 5.41) is 0. The molecule has 16 heavy (non-hydrogen) atoms. The quantitative estimate of drug-likeness (QED) is 0.710. The molecule has 2 nitrogen and oxygen atoms in total. The van der Waals surface area contributed by atoms with E-state index in [4.69, 9.17) is 0 Å². The third kappa shape index (κ3) is 1.51. The SMILES string of the molecule is O=C(c1ccc(F)cc1)N1CC2CCC1C2. The first-order chi connectivity index (χ1) is 7.74. The highest BCUT2D eigenvalue weighted by Crippen LogP contribution is 2.37. The van der Waals surface area contributed by atoms with Gasteiger partial charge in [0, 0.05) is 18.2 Å². The van der Waals surface area contributed by atoms with Crippen LogP contribution in [0.4, 0.5) is 4.39 Å². The van der Waals surface area contributed by atoms with Crippen LogP contribution in [-0.4, -0.2) is 23.4 Å². The molecule has 3 rings (SSSR count). The Balaban J connectivity index is 1.80. The van der Waals surface area contributed by atoms with Gasteiger partial charge >= 0.3 is 0 Å². The summed E-state index contributed by atoms with van der Waals surface area (Å²) >= 11 is 0. The number of benzene rings is 1. The Morgan fingerprint density at radius 3 is 2.56 bits per heavy atom. The van der Waals surface area contributed by atoms with Crippen molar-refractivity contribution >= 4 is 5.91 Å². The molecule has 0 aromatic heterocycles. The maximum absolute atomic E-state index is 12.8. The molecule has 1 saturated heterocycles. The van der Waals surface area contributed by atoms with Gasteiger partial charge in [-0.3, -0.25) is 4.79 Å². The van der Waals surface area contributed by atoms with Crippen molar-refractivity contribution in [1.82, 2.24) is 4.90 Å². The second kappa shape index (κ2) is 3.58. The van der Waals surface area contributed by atoms with Crippen molar-refractivity contribution in [3.05, 3.63) is 35.6 Å². The molecule has 1 aliphatic carbocycles. The number of carbonyl (C=O) groups excluding carboxylic acids is 1. The van der Waals surface area contributed by atoms with Crippen molar-refractivity contribution < 1.29 is 9.18 Å². The Morgan fingerprint density at radius 2 is 2.00 bits per heavy atom. The first-order valence-corrected chi connectivity index (χ1v) is 5.80. The Hall–Kier alpha value is -1.38. The monoisotopic (exact) mass is 219 g/mol. The van der Waals surface area contributed by atoms with Crippen molar-refractivity contribution in [2.24, 2.45) is 5.92 Å². The Labute approximate surface area is 94.1 Å². The van der Waals surface area contributed by atoms with Crippen LogP contribution in [-0.2, 0) is 0 Å². The van der Waals surface area contributed by atoms with Gasteiger partial charge in [0.2, 0.25) is 0 Å². The van der Waals surface area contributed by atoms with Crippen LogP contribution in [0.1, 0.15) is 29.6 Å². The molecule has 2 bridgehead atoms. The molecule has 1 amide bonds. The lowest BCUT2D eigenvalue weighted by atomic mass is 10.1. The fourth-order valence-electron chi connectivity index (χ4n) is 2.93. The van der Waals surface area contributed by atoms with Crippen LogP contribution in [0.3, 0.4) is 0 Å². The molecule has 2 fully saturated rings. The molecule has 0 radical (unpaired) electrons. The van der Waals surface area contributed by atoms with Gasteiger partial charge < -0.3 is 4.90 Å². The standard InChI is InChI=1S/C13H14FNO/c14-11-4-2-10(3-5-11)13(16)15-8-9-1-6-12(15)7-9/h2-5,9,12H,1,6-8H2. The second-order valence-electron chi connectivity index (χ2n) is 4.80. The molecule has 1 saturated carbocycles. The summed E-state index contributed by atoms with van der Waals surface area (Å²) in [6.07, 6.45) is 3.56. The smallest absolute Gasteiger partial charge is 0.254 e. The van der Waals surface area contributed by atoms with E-state index in [-0.39, 0.29) is 11.7 Å². The Kier molecular flexibility index (Phi) is 2.20. The van der Waals surface area contributed by atoms with Crippen molar-refractivity contribution in [3.63, 3.8) is 0 Å². The largest absolute Gasteiger partial charge is 0.335 e. The van der Waals surface area contributed by atoms with Gasteiger partial charge in [-0.05, 0) is 49.4 Å². The molecule has 1 aromatic rings. The average Bonchev–Trinajstić information content (AvgIpc) is 2.91. The van der Waals surface area contributed by atoms with E-state index in [1.807, 2.05) is 4.90 Å². The van der Waals surface area contributed by atoms with E-state index in [1.54, 1.807) is 12.1 Å². The second-order valence-corrected chi connectivity index (χ2v) is 4.80. The van der Waals surface area contributed by atoms with E-state index < -0.39 is 0 Å². The summed E-state index contributed by atoms with van der Waals surface area (Å²) in [6, 6.07) is 6.28. The third-order valence-electron chi connectivity index (χ3n) is 3.76. The third-order valence-corrected chi connectivity index (χ3v) is 3.76. The minimum absolute atomic E-state index is 0.0622. The molecule has 1 aromatic carbocycles. The number of likely N-dealkylation sites (tertiary alicyclic amines) is 1. The van der Waals surface area contributed by atoms with Crippen molar-refractivity contribution in [1.29, 1.82) is 0 Å². The van der Waals surface area contributed by atoms with Gasteiger partial charge in [0.05, 0.1) is 0 Å². The lowest BCUT2D eigenvalue weighted by Crippen LogP contribution is -2.37. The van der Waals surface area contributed by atoms with Gasteiger partial charge in [-0.2, -0.15) is 0 Å². The number of nitrogens with zero attached hydrogens (tertiary/aromatic N) is 1. The molecule has 3 heteroatoms. The highest BCUT2D eigenvalue weighted by molar-refractivity contribution is 5.94. The van der Waals surface area contributed by atoms with Crippen LogP contribution in [0.2, 0.25) is 0 Å². The predicted octanol–water partition coefficient (Wildman–Crippen LogP) is 2.45. The van der Waals surface area contributed by atoms with Crippen LogP contribution in [0.15, 0.2) is 24.3 Å². The van der Waals surface area contributed by atoms with E-state index in [2.05, 4.69) is 0 Å². The predicted molar refractivity (Wildman–Crippen MR) is 58.6 cm³/mol. The van der Waals surface area contributed by atoms with Crippen molar-refractivity contribution in [2.45, 2.75) is 25.3 Å². The normalized spacial score (nSPS) is 27.4. The van der Waals surface area contributed by atoms with Gasteiger partial charge in [-0.25, -0.2) is 4.39 Å². The maximum atomic E-state index is 12.8. The molecule has 0 N–H and O–H groups in total. The number of carbonyl (C=O) groups is 1. The van der Waals surface area contributed by atoms with Crippen LogP contribution in [0, 0.1) is 11.7 Å². The van der Waals surface area contributed by atoms with Crippen molar-refractivity contribution in [2.75, 3.05) is 6.54 Å². The Morgan fingerprint density at radius 1 is 1.25 bits per heavy atom. The first kappa shape index (κ1) is 9.82. The first-order valence-electron chi connectivity index (χ1n) is 5.80. The maximum Gasteiger partial charge on any atom is 0.254 e. The highest BCUT2D eigenvalue weighted by atomic mass is 19.1. The Bertz CT molecular complexity index is 414. The summed E-state index contributed by atoms with van der Waals surface area (Å²) in [4.78, 5) is 14.1. The lowest BCUT2D eigenvalue weighted by Gasteiger charge is -2.27. The molecular formula is C13H14FNO. The van der Waals surface area contributed by atoms with E-state index in [9.17, 15) is 9.18 Å². The number of rotatable bonds is 1. The zero-order chi connectivity index (χ0) is 11.1. The summed E-state index contributed by atoms with van der Waals surface area (Å²) in [6.45, 7) is 0.890. The van der Waals surface area contributed by atoms with E-state index in [1.165, 1.54) is 18.6 Å². The molecule has 0 spiro atoms. The molecule has 1 heterocycles. The molecule has 2 aliphatic rings. The summed E-state index contributed by atoms with van der Waals surface area (Å²) in [5.41, 5.74) is 0.606. The molecule has 1 aliphatic heterocycles. The van der Waals surface area contributed by atoms with Crippen molar-refractivity contribution in [3.8, 4) is 0 Å². The fourth-order valence-corrected chi connectivity index (χ4v) is 2.93. The number of fused-ring (bicyclic) bond motifs is 2. The molecule has 2 atom stereocenters. The van der Waals surface area contributed by atoms with Crippen LogP contribution < -0.4 is 0 Å². The van der Waals surface area contributed by atoms with E-state index >= 15 is 0 Å². The minimum Gasteiger partial charge on any atom is -0.335 e. The summed E-state index contributed by atoms with van der Waals surface area (Å²) in [7, 11) is 0. The highest BCUT2D eigenvalue weighted by Gasteiger charge is 2.40. The lowest BCUT2D eigenvalue weighted by molar-refractivity contribution is 0.0703. The summed E-state index contributed by atoms with van der Waals surface area (Å²) < 4.78 is 12.8.